The van der Waals surface area contributed by atoms with Crippen molar-refractivity contribution in [3.05, 3.63) is 54.6 Å². The van der Waals surface area contributed by atoms with Crippen LogP contribution in [0.5, 0.6) is 0 Å². The molecule has 0 aliphatic heterocycles. The van der Waals surface area contributed by atoms with E-state index in [0.717, 1.165) is 11.1 Å². The summed E-state index contributed by atoms with van der Waals surface area (Å²) in [5, 5.41) is 11.4. The minimum atomic E-state index is -0.645. The highest BCUT2D eigenvalue weighted by molar-refractivity contribution is 5.94. The number of amides is 1. The highest BCUT2D eigenvalue weighted by Crippen LogP contribution is 2.21. The Morgan fingerprint density at radius 3 is 2.21 bits per heavy atom. The number of nitrogens with one attached hydrogen (secondary N) is 1. The molecule has 0 spiro atoms. The third-order valence-corrected chi connectivity index (χ3v) is 2.85. The smallest absolute Gasteiger partial charge is 0.241 e. The number of hydrogen-bond donors (Lipinski definition) is 1. The van der Waals surface area contributed by atoms with Gasteiger partial charge in [0.25, 0.3) is 0 Å². The van der Waals surface area contributed by atoms with E-state index < -0.39 is 5.92 Å². The van der Waals surface area contributed by atoms with Gasteiger partial charge in [-0.15, -0.1) is 0 Å². The van der Waals surface area contributed by atoms with Crippen LogP contribution in [0, 0.1) is 17.2 Å². The predicted octanol–water partition coefficient (Wildman–Crippen LogP) is 3.45. The van der Waals surface area contributed by atoms with E-state index in [9.17, 15) is 4.79 Å². The monoisotopic (exact) mass is 250 g/mol. The first-order valence-corrected chi connectivity index (χ1v) is 6.06. The summed E-state index contributed by atoms with van der Waals surface area (Å²) in [6.07, 6.45) is 0. The third-order valence-electron chi connectivity index (χ3n) is 2.85. The predicted molar refractivity (Wildman–Crippen MR) is 75.3 cm³/mol. The first-order chi connectivity index (χ1) is 9.20. The topological polar surface area (TPSA) is 52.9 Å². The van der Waals surface area contributed by atoms with Gasteiger partial charge in [0.15, 0.2) is 0 Å². The molecule has 19 heavy (non-hydrogen) atoms. The molecule has 0 aromatic heterocycles. The van der Waals surface area contributed by atoms with Crippen LogP contribution in [-0.4, -0.2) is 5.91 Å². The third kappa shape index (κ3) is 3.20. The van der Waals surface area contributed by atoms with Crippen molar-refractivity contribution in [1.29, 1.82) is 5.26 Å². The first-order valence-electron chi connectivity index (χ1n) is 6.06. The molecule has 0 saturated heterocycles. The first kappa shape index (κ1) is 12.8. The van der Waals surface area contributed by atoms with Gasteiger partial charge in [-0.1, -0.05) is 42.5 Å². The number of benzene rings is 2. The molecule has 0 bridgehead atoms. The van der Waals surface area contributed by atoms with Crippen LogP contribution in [-0.2, 0) is 4.79 Å². The van der Waals surface area contributed by atoms with Crippen LogP contribution >= 0.6 is 0 Å². The second kappa shape index (κ2) is 5.83. The SMILES string of the molecule is CC(C#N)C(=O)Nc1ccc(-c2ccccc2)cc1. The number of rotatable bonds is 3. The van der Waals surface area contributed by atoms with E-state index in [4.69, 9.17) is 5.26 Å². The molecule has 3 nitrogen and oxygen atoms in total. The molecular formula is C16H14N2O. The van der Waals surface area contributed by atoms with Crippen LogP contribution < -0.4 is 5.32 Å². The molecule has 1 atom stereocenters. The molecule has 2 rings (SSSR count). The Morgan fingerprint density at radius 2 is 1.63 bits per heavy atom. The van der Waals surface area contributed by atoms with Crippen LogP contribution in [0.2, 0.25) is 0 Å². The second-order valence-electron chi connectivity index (χ2n) is 4.28. The Kier molecular flexibility index (Phi) is 3.94. The van der Waals surface area contributed by atoms with Gasteiger partial charge in [0.1, 0.15) is 5.92 Å². The van der Waals surface area contributed by atoms with E-state index in [1.54, 1.807) is 6.92 Å². The number of carbonyl (C=O) groups excluding carboxylic acids is 1. The molecule has 0 fully saturated rings. The zero-order valence-electron chi connectivity index (χ0n) is 10.6. The van der Waals surface area contributed by atoms with Crippen LogP contribution in [0.25, 0.3) is 11.1 Å². The lowest BCUT2D eigenvalue weighted by Crippen LogP contribution is -2.18. The lowest BCUT2D eigenvalue weighted by Gasteiger charge is -2.07. The molecule has 1 N–H and O–H groups in total. The average molecular weight is 250 g/mol. The molecule has 1 amide bonds. The number of nitrogens with zero attached hydrogens (tertiary/aromatic N) is 1. The van der Waals surface area contributed by atoms with Gasteiger partial charge < -0.3 is 5.32 Å². The van der Waals surface area contributed by atoms with E-state index in [0.29, 0.717) is 5.69 Å². The van der Waals surface area contributed by atoms with Crippen LogP contribution in [0.4, 0.5) is 5.69 Å². The van der Waals surface area contributed by atoms with E-state index in [1.807, 2.05) is 60.7 Å². The highest BCUT2D eigenvalue weighted by atomic mass is 16.1. The summed E-state index contributed by atoms with van der Waals surface area (Å²) in [4.78, 5) is 11.6. The van der Waals surface area contributed by atoms with Crippen LogP contribution in [0.1, 0.15) is 6.92 Å². The number of carbonyl (C=O) groups is 1. The standard InChI is InChI=1S/C16H14N2O/c1-12(11-17)16(19)18-15-9-7-14(8-10-15)13-5-3-2-4-6-13/h2-10,12H,1H3,(H,18,19). The minimum absolute atomic E-state index is 0.282. The van der Waals surface area contributed by atoms with Crippen molar-refractivity contribution >= 4 is 11.6 Å². The summed E-state index contributed by atoms with van der Waals surface area (Å²) in [7, 11) is 0. The molecule has 1 unspecified atom stereocenters. The fraction of sp³-hybridized carbons (Fsp3) is 0.125. The summed E-state index contributed by atoms with van der Waals surface area (Å²) in [6, 6.07) is 19.5. The molecule has 94 valence electrons. The van der Waals surface area contributed by atoms with Gasteiger partial charge in [-0.2, -0.15) is 5.26 Å². The quantitative estimate of drug-likeness (QED) is 0.907. The van der Waals surface area contributed by atoms with Crippen molar-refractivity contribution in [3.8, 4) is 17.2 Å². The normalized spacial score (nSPS) is 11.4. The molecule has 0 aliphatic carbocycles. The van der Waals surface area contributed by atoms with E-state index >= 15 is 0 Å². The average Bonchev–Trinajstić information content (AvgIpc) is 2.48. The molecule has 2 aromatic rings. The molecule has 0 heterocycles. The van der Waals surface area contributed by atoms with Gasteiger partial charge >= 0.3 is 0 Å². The summed E-state index contributed by atoms with van der Waals surface area (Å²) in [5.41, 5.74) is 2.92. The Balaban J connectivity index is 2.12. The lowest BCUT2D eigenvalue weighted by molar-refractivity contribution is -0.117. The van der Waals surface area contributed by atoms with Crippen molar-refractivity contribution in [2.45, 2.75) is 6.92 Å². The van der Waals surface area contributed by atoms with Gasteiger partial charge in [-0.3, -0.25) is 4.79 Å². The lowest BCUT2D eigenvalue weighted by atomic mass is 10.1. The van der Waals surface area contributed by atoms with E-state index in [2.05, 4.69) is 5.32 Å². The molecule has 3 heteroatoms. The van der Waals surface area contributed by atoms with Gasteiger partial charge in [0.05, 0.1) is 6.07 Å². The zero-order valence-corrected chi connectivity index (χ0v) is 10.6. The van der Waals surface area contributed by atoms with Gasteiger partial charge in [0.2, 0.25) is 5.91 Å². The Bertz CT molecular complexity index is 597. The van der Waals surface area contributed by atoms with Crippen molar-refractivity contribution in [2.24, 2.45) is 5.92 Å². The molecule has 0 saturated carbocycles. The highest BCUT2D eigenvalue weighted by Gasteiger charge is 2.11. The maximum Gasteiger partial charge on any atom is 0.241 e. The number of anilines is 1. The molecular weight excluding hydrogens is 236 g/mol. The van der Waals surface area contributed by atoms with Crippen molar-refractivity contribution in [3.63, 3.8) is 0 Å². The molecule has 2 aromatic carbocycles. The second-order valence-corrected chi connectivity index (χ2v) is 4.28. The van der Waals surface area contributed by atoms with E-state index in [1.165, 1.54) is 0 Å². The zero-order chi connectivity index (χ0) is 13.7. The maximum atomic E-state index is 11.6. The van der Waals surface area contributed by atoms with Crippen molar-refractivity contribution < 1.29 is 4.79 Å². The Morgan fingerprint density at radius 1 is 1.05 bits per heavy atom. The maximum absolute atomic E-state index is 11.6. The molecule has 0 aliphatic rings. The largest absolute Gasteiger partial charge is 0.325 e. The van der Waals surface area contributed by atoms with Crippen molar-refractivity contribution in [2.75, 3.05) is 5.32 Å². The van der Waals surface area contributed by atoms with Gasteiger partial charge in [0, 0.05) is 5.69 Å². The Hall–Kier alpha value is -2.60. The summed E-state index contributed by atoms with van der Waals surface area (Å²) in [5.74, 6) is -0.927. The number of hydrogen-bond acceptors (Lipinski definition) is 2. The molecule has 0 radical (unpaired) electrons. The summed E-state index contributed by atoms with van der Waals surface area (Å²) in [6.45, 7) is 1.58. The number of nitriles is 1. The van der Waals surface area contributed by atoms with Crippen LogP contribution in [0.3, 0.4) is 0 Å². The summed E-state index contributed by atoms with van der Waals surface area (Å²) >= 11 is 0. The summed E-state index contributed by atoms with van der Waals surface area (Å²) < 4.78 is 0. The van der Waals surface area contributed by atoms with E-state index in [-0.39, 0.29) is 5.91 Å². The van der Waals surface area contributed by atoms with Crippen LogP contribution in [0.15, 0.2) is 54.6 Å². The minimum Gasteiger partial charge on any atom is -0.325 e. The van der Waals surface area contributed by atoms with Gasteiger partial charge in [-0.05, 0) is 30.2 Å². The fourth-order valence-corrected chi connectivity index (χ4v) is 1.69. The Labute approximate surface area is 112 Å². The van der Waals surface area contributed by atoms with Gasteiger partial charge in [-0.25, -0.2) is 0 Å². The fourth-order valence-electron chi connectivity index (χ4n) is 1.69. The van der Waals surface area contributed by atoms with Crippen molar-refractivity contribution in [1.82, 2.24) is 0 Å².